The average Bonchev–Trinajstić information content (AvgIpc) is 3.08. The lowest BCUT2D eigenvalue weighted by molar-refractivity contribution is -0.155. The first-order chi connectivity index (χ1) is 13.7. The number of hydrogen-bond donors (Lipinski definition) is 1. The lowest BCUT2D eigenvalue weighted by atomic mass is 9.65. The van der Waals surface area contributed by atoms with Gasteiger partial charge in [0, 0.05) is 56.5 Å². The fourth-order valence-corrected chi connectivity index (χ4v) is 5.40. The second-order valence-corrected chi connectivity index (χ2v) is 9.98. The summed E-state index contributed by atoms with van der Waals surface area (Å²) in [5.41, 5.74) is 1.86. The van der Waals surface area contributed by atoms with Crippen LogP contribution in [-0.4, -0.2) is 39.8 Å². The molecule has 5 heteroatoms. The molecule has 1 N–H and O–H groups in total. The Kier molecular flexibility index (Phi) is 5.24. The van der Waals surface area contributed by atoms with Crippen molar-refractivity contribution in [2.24, 2.45) is 18.9 Å². The number of methoxy groups -OCH3 is 1. The number of imidazole rings is 1. The van der Waals surface area contributed by atoms with Crippen LogP contribution in [0.15, 0.2) is 30.6 Å². The van der Waals surface area contributed by atoms with Gasteiger partial charge >= 0.3 is 0 Å². The molecule has 1 aliphatic heterocycles. The topological polar surface area (TPSA) is 50.5 Å². The molecule has 29 heavy (non-hydrogen) atoms. The van der Waals surface area contributed by atoms with E-state index in [-0.39, 0.29) is 17.3 Å². The van der Waals surface area contributed by atoms with Crippen LogP contribution in [0, 0.1) is 11.8 Å². The smallest absolute Gasteiger partial charge is 0.141 e. The first-order valence-corrected chi connectivity index (χ1v) is 10.8. The third-order valence-electron chi connectivity index (χ3n) is 7.03. The van der Waals surface area contributed by atoms with E-state index in [9.17, 15) is 5.11 Å². The Morgan fingerprint density at radius 2 is 1.90 bits per heavy atom. The number of ether oxygens (including phenoxy) is 1. The van der Waals surface area contributed by atoms with Gasteiger partial charge in [0.2, 0.25) is 0 Å². The van der Waals surface area contributed by atoms with Crippen molar-refractivity contribution in [1.82, 2.24) is 14.5 Å². The predicted octanol–water partition coefficient (Wildman–Crippen LogP) is 3.85. The van der Waals surface area contributed by atoms with Crippen LogP contribution in [-0.2, 0) is 24.6 Å². The van der Waals surface area contributed by atoms with E-state index >= 15 is 0 Å². The van der Waals surface area contributed by atoms with E-state index in [0.717, 1.165) is 44.0 Å². The fraction of sp³-hybridized carbons (Fsp3) is 0.625. The highest BCUT2D eigenvalue weighted by atomic mass is 16.5. The van der Waals surface area contributed by atoms with Crippen molar-refractivity contribution in [2.75, 3.05) is 20.2 Å². The molecule has 2 atom stereocenters. The molecule has 2 fully saturated rings. The molecule has 1 aromatic heterocycles. The van der Waals surface area contributed by atoms with Gasteiger partial charge in [-0.3, -0.25) is 4.90 Å². The van der Waals surface area contributed by atoms with Gasteiger partial charge in [0.1, 0.15) is 17.2 Å². The van der Waals surface area contributed by atoms with Crippen LogP contribution in [0.5, 0.6) is 5.75 Å². The molecule has 4 rings (SSSR count). The van der Waals surface area contributed by atoms with Crippen molar-refractivity contribution in [3.63, 3.8) is 0 Å². The summed E-state index contributed by atoms with van der Waals surface area (Å²) >= 11 is 0. The highest BCUT2D eigenvalue weighted by Gasteiger charge is 2.53. The molecule has 2 bridgehead atoms. The quantitative estimate of drug-likeness (QED) is 0.851. The Bertz CT molecular complexity index is 853. The second kappa shape index (κ2) is 7.44. The van der Waals surface area contributed by atoms with Gasteiger partial charge in [0.25, 0.3) is 0 Å². The van der Waals surface area contributed by atoms with Gasteiger partial charge in [-0.15, -0.1) is 0 Å². The summed E-state index contributed by atoms with van der Waals surface area (Å²) in [6, 6.07) is 6.58. The molecule has 1 saturated carbocycles. The fourth-order valence-electron chi connectivity index (χ4n) is 5.40. The third-order valence-corrected chi connectivity index (χ3v) is 7.03. The van der Waals surface area contributed by atoms with Gasteiger partial charge in [-0.2, -0.15) is 0 Å². The van der Waals surface area contributed by atoms with Crippen LogP contribution < -0.4 is 4.74 Å². The molecule has 1 saturated heterocycles. The number of nitrogens with zero attached hydrogens (tertiary/aromatic N) is 3. The highest BCUT2D eigenvalue weighted by molar-refractivity contribution is 5.39. The van der Waals surface area contributed by atoms with Gasteiger partial charge in [-0.25, -0.2) is 4.98 Å². The van der Waals surface area contributed by atoms with Gasteiger partial charge < -0.3 is 14.4 Å². The maximum atomic E-state index is 11.8. The standard InChI is InChI=1S/C24H35N3O2/c1-23(2,3)18-9-10-21(29-5)17(13-18)14-27-15-19-7-6-8-20(16-27)24(19,28)22-25-11-12-26(22)4/h9-13,19-20,28H,6-8,14-16H2,1-5H3/t19-,20-/m0/s1. The Hall–Kier alpha value is -1.85. The van der Waals surface area contributed by atoms with Crippen molar-refractivity contribution >= 4 is 0 Å². The molecule has 5 nitrogen and oxygen atoms in total. The lowest BCUT2D eigenvalue weighted by Gasteiger charge is -2.52. The average molecular weight is 398 g/mol. The Morgan fingerprint density at radius 3 is 2.45 bits per heavy atom. The molecule has 1 aromatic carbocycles. The number of likely N-dealkylation sites (tertiary alicyclic amines) is 1. The van der Waals surface area contributed by atoms with Gasteiger partial charge in [-0.05, 0) is 29.9 Å². The van der Waals surface area contributed by atoms with Crippen molar-refractivity contribution in [2.45, 2.75) is 57.6 Å². The van der Waals surface area contributed by atoms with E-state index in [4.69, 9.17) is 4.74 Å². The van der Waals surface area contributed by atoms with Crippen LogP contribution in [0.4, 0.5) is 0 Å². The highest BCUT2D eigenvalue weighted by Crippen LogP contribution is 2.49. The van der Waals surface area contributed by atoms with E-state index in [1.54, 1.807) is 13.3 Å². The van der Waals surface area contributed by atoms with Crippen molar-refractivity contribution in [3.8, 4) is 5.75 Å². The number of rotatable bonds is 4. The van der Waals surface area contributed by atoms with Crippen LogP contribution in [0.2, 0.25) is 0 Å². The first-order valence-electron chi connectivity index (χ1n) is 10.8. The van der Waals surface area contributed by atoms with Gasteiger partial charge in [0.15, 0.2) is 0 Å². The van der Waals surface area contributed by atoms with Crippen LogP contribution >= 0.6 is 0 Å². The van der Waals surface area contributed by atoms with Gasteiger partial charge in [0.05, 0.1) is 7.11 Å². The minimum absolute atomic E-state index is 0.109. The van der Waals surface area contributed by atoms with Crippen molar-refractivity contribution in [1.29, 1.82) is 0 Å². The minimum atomic E-state index is -0.815. The summed E-state index contributed by atoms with van der Waals surface area (Å²) in [5.74, 6) is 2.22. The summed E-state index contributed by atoms with van der Waals surface area (Å²) in [4.78, 5) is 7.05. The number of aliphatic hydroxyl groups is 1. The van der Waals surface area contributed by atoms with Crippen LogP contribution in [0.3, 0.4) is 0 Å². The maximum absolute atomic E-state index is 11.8. The van der Waals surface area contributed by atoms with Crippen molar-refractivity contribution in [3.05, 3.63) is 47.5 Å². The molecule has 1 aliphatic carbocycles. The Morgan fingerprint density at radius 1 is 1.21 bits per heavy atom. The van der Waals surface area contributed by atoms with Crippen molar-refractivity contribution < 1.29 is 9.84 Å². The monoisotopic (exact) mass is 397 g/mol. The second-order valence-electron chi connectivity index (χ2n) is 9.98. The summed E-state index contributed by atoms with van der Waals surface area (Å²) < 4.78 is 7.67. The maximum Gasteiger partial charge on any atom is 0.141 e. The normalized spacial score (nSPS) is 27.8. The molecule has 0 amide bonds. The molecular formula is C24H35N3O2. The third kappa shape index (κ3) is 3.59. The zero-order valence-electron chi connectivity index (χ0n) is 18.5. The number of piperidine rings is 1. The first kappa shape index (κ1) is 20.4. The molecule has 2 aliphatic rings. The molecule has 2 heterocycles. The van der Waals surface area contributed by atoms with E-state index in [1.165, 1.54) is 17.5 Å². The lowest BCUT2D eigenvalue weighted by Crippen LogP contribution is -2.58. The number of hydrogen-bond acceptors (Lipinski definition) is 4. The van der Waals surface area contributed by atoms with Crippen LogP contribution in [0.25, 0.3) is 0 Å². The largest absolute Gasteiger partial charge is 0.496 e. The molecule has 158 valence electrons. The Balaban J connectivity index is 1.60. The SMILES string of the molecule is COc1ccc(C(C)(C)C)cc1CN1C[C@@H]2CCC[C@@H](C1)C2(O)c1nccn1C. The van der Waals surface area contributed by atoms with Crippen LogP contribution in [0.1, 0.15) is 57.0 Å². The summed E-state index contributed by atoms with van der Waals surface area (Å²) in [6.07, 6.45) is 7.04. The minimum Gasteiger partial charge on any atom is -0.496 e. The summed E-state index contributed by atoms with van der Waals surface area (Å²) in [5, 5.41) is 11.8. The zero-order valence-corrected chi connectivity index (χ0v) is 18.5. The summed E-state index contributed by atoms with van der Waals surface area (Å²) in [6.45, 7) is 9.38. The zero-order chi connectivity index (χ0) is 20.8. The van der Waals surface area contributed by atoms with E-state index in [1.807, 2.05) is 17.8 Å². The Labute approximate surface area is 174 Å². The molecular weight excluding hydrogens is 362 g/mol. The number of aryl methyl sites for hydroxylation is 1. The molecule has 0 spiro atoms. The molecule has 0 radical (unpaired) electrons. The molecule has 0 unspecified atom stereocenters. The van der Waals surface area contributed by atoms with E-state index in [0.29, 0.717) is 0 Å². The number of aromatic nitrogens is 2. The van der Waals surface area contributed by atoms with E-state index < -0.39 is 5.60 Å². The molecule has 2 aromatic rings. The van der Waals surface area contributed by atoms with Gasteiger partial charge in [-0.1, -0.05) is 39.3 Å². The number of fused-ring (bicyclic) bond motifs is 2. The number of benzene rings is 1. The summed E-state index contributed by atoms with van der Waals surface area (Å²) in [7, 11) is 3.74. The predicted molar refractivity (Wildman–Crippen MR) is 115 cm³/mol. The van der Waals surface area contributed by atoms with E-state index in [2.05, 4.69) is 48.9 Å².